The van der Waals surface area contributed by atoms with Gasteiger partial charge in [-0.1, -0.05) is 31.0 Å². The topological polar surface area (TPSA) is 115 Å². The third-order valence-electron chi connectivity index (χ3n) is 7.47. The molecular weight excluding hydrogens is 500 g/mol. The minimum absolute atomic E-state index is 0.0891. The van der Waals surface area contributed by atoms with Gasteiger partial charge in [0, 0.05) is 30.1 Å². The van der Waals surface area contributed by atoms with Crippen molar-refractivity contribution < 1.29 is 27.0 Å². The van der Waals surface area contributed by atoms with E-state index in [4.69, 9.17) is 0 Å². The fraction of sp³-hybridized carbons (Fsp3) is 0.385. The maximum absolute atomic E-state index is 14.1. The van der Waals surface area contributed by atoms with E-state index in [9.17, 15) is 27.0 Å². The van der Waals surface area contributed by atoms with Crippen molar-refractivity contribution in [3.05, 3.63) is 63.4 Å². The lowest BCUT2D eigenvalue weighted by atomic mass is 9.87. The number of nitrogens with zero attached hydrogens (tertiary/aromatic N) is 2. The summed E-state index contributed by atoms with van der Waals surface area (Å²) < 4.78 is 58.6. The van der Waals surface area contributed by atoms with Crippen LogP contribution < -0.4 is 8.61 Å². The Morgan fingerprint density at radius 1 is 0.861 bits per heavy atom. The minimum Gasteiger partial charge on any atom is -0.507 e. The molecule has 2 heterocycles. The number of phenolic OH excluding ortho intramolecular Hbond substituents is 1. The average Bonchev–Trinajstić information content (AvgIpc) is 3.36. The van der Waals surface area contributed by atoms with E-state index in [0.29, 0.717) is 35.3 Å². The largest absolute Gasteiger partial charge is 0.507 e. The van der Waals surface area contributed by atoms with E-state index < -0.39 is 31.7 Å². The molecule has 36 heavy (non-hydrogen) atoms. The van der Waals surface area contributed by atoms with Crippen LogP contribution in [0.1, 0.15) is 50.7 Å². The van der Waals surface area contributed by atoms with Crippen molar-refractivity contribution in [3.8, 4) is 5.75 Å². The Morgan fingerprint density at radius 2 is 1.47 bits per heavy atom. The Morgan fingerprint density at radius 3 is 2.14 bits per heavy atom. The van der Waals surface area contributed by atoms with E-state index >= 15 is 0 Å². The molecule has 192 valence electrons. The van der Waals surface area contributed by atoms with Crippen LogP contribution in [0.2, 0.25) is 0 Å². The lowest BCUT2D eigenvalue weighted by Gasteiger charge is -2.39. The molecule has 2 aromatic rings. The van der Waals surface area contributed by atoms with Crippen LogP contribution >= 0.6 is 0 Å². The van der Waals surface area contributed by atoms with Crippen LogP contribution in [0.4, 0.5) is 11.4 Å². The highest BCUT2D eigenvalue weighted by Gasteiger charge is 2.49. The van der Waals surface area contributed by atoms with Crippen LogP contribution in [0.5, 0.6) is 5.75 Å². The van der Waals surface area contributed by atoms with E-state index in [-0.39, 0.29) is 34.6 Å². The van der Waals surface area contributed by atoms with Gasteiger partial charge in [-0.25, -0.2) is 16.8 Å². The molecule has 0 saturated heterocycles. The maximum Gasteiger partial charge on any atom is 0.264 e. The Balaban J connectivity index is 1.84. The quantitative estimate of drug-likeness (QED) is 0.574. The molecule has 0 radical (unpaired) electrons. The van der Waals surface area contributed by atoms with E-state index in [2.05, 4.69) is 0 Å². The monoisotopic (exact) mass is 530 g/mol. The first kappa shape index (κ1) is 24.7. The van der Waals surface area contributed by atoms with Gasteiger partial charge in [0.1, 0.15) is 16.4 Å². The SMILES string of the molecule is CCN1c2ccccc2C(O)=C(C(C2=Cc3c(O)cccc3N(CC)S2(=O)=O)C2CCCC2)S1(=O)=O. The summed E-state index contributed by atoms with van der Waals surface area (Å²) in [5, 5.41) is 22.1. The number of benzene rings is 2. The summed E-state index contributed by atoms with van der Waals surface area (Å²) in [5.41, 5.74) is 1.39. The summed E-state index contributed by atoms with van der Waals surface area (Å²) >= 11 is 0. The van der Waals surface area contributed by atoms with Gasteiger partial charge in [0.15, 0.2) is 0 Å². The number of allylic oxidation sites excluding steroid dienone is 2. The number of rotatable bonds is 5. The van der Waals surface area contributed by atoms with Crippen LogP contribution in [0.25, 0.3) is 11.8 Å². The highest BCUT2D eigenvalue weighted by molar-refractivity contribution is 7.98. The van der Waals surface area contributed by atoms with Crippen molar-refractivity contribution in [1.82, 2.24) is 0 Å². The molecule has 0 bridgehead atoms. The van der Waals surface area contributed by atoms with E-state index in [1.165, 1.54) is 20.8 Å². The lowest BCUT2D eigenvalue weighted by molar-refractivity contribution is 0.433. The van der Waals surface area contributed by atoms with Gasteiger partial charge in [-0.15, -0.1) is 0 Å². The van der Waals surface area contributed by atoms with Crippen LogP contribution in [0, 0.1) is 11.8 Å². The van der Waals surface area contributed by atoms with E-state index in [0.717, 1.165) is 12.8 Å². The number of fused-ring (bicyclic) bond motifs is 2. The second-order valence-electron chi connectivity index (χ2n) is 9.35. The Hall–Kier alpha value is -2.98. The summed E-state index contributed by atoms with van der Waals surface area (Å²) in [5.74, 6) is -1.89. The van der Waals surface area contributed by atoms with Crippen molar-refractivity contribution in [1.29, 1.82) is 0 Å². The van der Waals surface area contributed by atoms with Gasteiger partial charge in [-0.2, -0.15) is 0 Å². The highest BCUT2D eigenvalue weighted by atomic mass is 32.2. The average molecular weight is 531 g/mol. The third kappa shape index (κ3) is 3.53. The van der Waals surface area contributed by atoms with Gasteiger partial charge in [0.2, 0.25) is 0 Å². The molecule has 2 aliphatic heterocycles. The molecule has 1 aliphatic carbocycles. The Bertz CT molecular complexity index is 1490. The minimum atomic E-state index is -4.25. The van der Waals surface area contributed by atoms with E-state index in [1.807, 2.05) is 0 Å². The number of aliphatic hydroxyl groups excluding tert-OH is 1. The first-order valence-corrected chi connectivity index (χ1v) is 15.1. The Labute approximate surface area is 212 Å². The number of anilines is 2. The summed E-state index contributed by atoms with van der Waals surface area (Å²) in [6.07, 6.45) is 4.36. The highest BCUT2D eigenvalue weighted by Crippen LogP contribution is 2.52. The van der Waals surface area contributed by atoms with Crippen molar-refractivity contribution in [2.24, 2.45) is 11.8 Å². The first-order valence-electron chi connectivity index (χ1n) is 12.3. The standard InChI is InChI=1S/C26H30N2O6S2/c1-3-27-21-14-9-15-22(29)19(21)16-23(35(27,31)32)24(17-10-5-6-11-17)26-25(30)18-12-7-8-13-20(18)28(4-2)36(26,33)34/h7-9,12-17,24,29-30H,3-6,10-11H2,1-2H3. The van der Waals surface area contributed by atoms with Crippen LogP contribution in [0.15, 0.2) is 52.3 Å². The smallest absolute Gasteiger partial charge is 0.264 e. The molecule has 2 aromatic carbocycles. The van der Waals surface area contributed by atoms with Gasteiger partial charge in [0.25, 0.3) is 20.0 Å². The van der Waals surface area contributed by atoms with Crippen molar-refractivity contribution in [3.63, 3.8) is 0 Å². The number of aromatic hydroxyl groups is 1. The van der Waals surface area contributed by atoms with E-state index in [1.54, 1.807) is 50.2 Å². The fourth-order valence-electron chi connectivity index (χ4n) is 5.88. The first-order chi connectivity index (χ1) is 17.1. The number of phenols is 1. The van der Waals surface area contributed by atoms with Gasteiger partial charge in [-0.3, -0.25) is 8.61 Å². The second kappa shape index (κ2) is 8.85. The molecule has 3 aliphatic rings. The molecule has 2 N–H and O–H groups in total. The zero-order valence-electron chi connectivity index (χ0n) is 20.3. The fourth-order valence-corrected chi connectivity index (χ4v) is 9.85. The lowest BCUT2D eigenvalue weighted by Crippen LogP contribution is -2.43. The molecule has 10 heteroatoms. The summed E-state index contributed by atoms with van der Waals surface area (Å²) in [7, 11) is -8.40. The van der Waals surface area contributed by atoms with Gasteiger partial charge in [0.05, 0.1) is 16.3 Å². The Kier molecular flexibility index (Phi) is 6.07. The number of hydrogen-bond acceptors (Lipinski definition) is 6. The molecule has 1 fully saturated rings. The van der Waals surface area contributed by atoms with Crippen LogP contribution in [-0.2, 0) is 20.0 Å². The van der Waals surface area contributed by atoms with Crippen LogP contribution in [0.3, 0.4) is 0 Å². The maximum atomic E-state index is 14.1. The van der Waals surface area contributed by atoms with Crippen molar-refractivity contribution in [2.45, 2.75) is 39.5 Å². The number of hydrogen-bond donors (Lipinski definition) is 2. The zero-order valence-corrected chi connectivity index (χ0v) is 21.9. The predicted octanol–water partition coefficient (Wildman–Crippen LogP) is 4.81. The second-order valence-corrected chi connectivity index (χ2v) is 13.0. The predicted molar refractivity (Wildman–Crippen MR) is 141 cm³/mol. The molecule has 1 unspecified atom stereocenters. The van der Waals surface area contributed by atoms with Gasteiger partial charge >= 0.3 is 0 Å². The number of para-hydroxylation sites is 1. The molecule has 5 rings (SSSR count). The number of sulfonamides is 2. The molecule has 1 atom stereocenters. The normalized spacial score (nSPS) is 21.7. The van der Waals surface area contributed by atoms with Crippen molar-refractivity contribution in [2.75, 3.05) is 21.7 Å². The molecule has 8 nitrogen and oxygen atoms in total. The summed E-state index contributed by atoms with van der Waals surface area (Å²) in [4.78, 5) is -0.384. The molecule has 0 amide bonds. The summed E-state index contributed by atoms with van der Waals surface area (Å²) in [6.45, 7) is 3.64. The molecule has 0 spiro atoms. The van der Waals surface area contributed by atoms with Crippen LogP contribution in [-0.4, -0.2) is 40.1 Å². The van der Waals surface area contributed by atoms with Gasteiger partial charge < -0.3 is 10.2 Å². The van der Waals surface area contributed by atoms with Crippen molar-refractivity contribution >= 4 is 43.3 Å². The summed E-state index contributed by atoms with van der Waals surface area (Å²) in [6, 6.07) is 11.4. The zero-order chi connectivity index (χ0) is 25.8. The number of aliphatic hydroxyl groups is 1. The third-order valence-corrected chi connectivity index (χ3v) is 11.5. The molecular formula is C26H30N2O6S2. The molecule has 0 aromatic heterocycles. The van der Waals surface area contributed by atoms with Gasteiger partial charge in [-0.05, 0) is 62.9 Å². The molecule has 1 saturated carbocycles.